The highest BCUT2D eigenvalue weighted by Crippen LogP contribution is 2.38. The van der Waals surface area contributed by atoms with Crippen LogP contribution in [0.25, 0.3) is 0 Å². The Morgan fingerprint density at radius 1 is 1.31 bits per heavy atom. The van der Waals surface area contributed by atoms with Gasteiger partial charge in [-0.25, -0.2) is 0 Å². The van der Waals surface area contributed by atoms with Gasteiger partial charge < -0.3 is 10.8 Å². The van der Waals surface area contributed by atoms with Crippen molar-refractivity contribution in [1.29, 1.82) is 0 Å². The van der Waals surface area contributed by atoms with Gasteiger partial charge in [0.05, 0.1) is 5.60 Å². The molecule has 1 aliphatic rings. The molecule has 16 heavy (non-hydrogen) atoms. The van der Waals surface area contributed by atoms with Crippen molar-refractivity contribution in [2.75, 3.05) is 0 Å². The maximum Gasteiger partial charge on any atom is 0.0690 e. The lowest BCUT2D eigenvalue weighted by molar-refractivity contribution is 0.151. The van der Waals surface area contributed by atoms with Crippen LogP contribution in [-0.4, -0.2) is 16.2 Å². The van der Waals surface area contributed by atoms with E-state index in [4.69, 9.17) is 5.73 Å². The Labute approximate surface area is 97.5 Å². The molecule has 1 saturated carbocycles. The predicted molar refractivity (Wildman–Crippen MR) is 66.3 cm³/mol. The lowest BCUT2D eigenvalue weighted by Crippen LogP contribution is -2.34. The first-order valence-corrected chi connectivity index (χ1v) is 5.95. The summed E-state index contributed by atoms with van der Waals surface area (Å²) in [5.41, 5.74) is 7.91. The fourth-order valence-corrected chi connectivity index (χ4v) is 2.08. The van der Waals surface area contributed by atoms with Gasteiger partial charge in [-0.1, -0.05) is 24.3 Å². The molecule has 1 fully saturated rings. The molecule has 0 atom stereocenters. The molecule has 0 aliphatic heterocycles. The smallest absolute Gasteiger partial charge is 0.0690 e. The van der Waals surface area contributed by atoms with Crippen LogP contribution < -0.4 is 5.73 Å². The molecule has 0 unspecified atom stereocenters. The molecule has 2 rings (SSSR count). The highest BCUT2D eigenvalue weighted by molar-refractivity contribution is 5.27. The van der Waals surface area contributed by atoms with Crippen LogP contribution in [0.15, 0.2) is 24.3 Å². The third-order valence-electron chi connectivity index (χ3n) is 3.01. The van der Waals surface area contributed by atoms with Crippen molar-refractivity contribution in [3.05, 3.63) is 35.4 Å². The zero-order valence-electron chi connectivity index (χ0n) is 10.2. The molecule has 1 aromatic carbocycles. The third kappa shape index (κ3) is 3.32. The summed E-state index contributed by atoms with van der Waals surface area (Å²) in [4.78, 5) is 0. The minimum absolute atomic E-state index is 0.172. The highest BCUT2D eigenvalue weighted by Gasteiger charge is 2.40. The molecule has 0 heterocycles. The molecule has 2 nitrogen and oxygen atoms in total. The zero-order valence-corrected chi connectivity index (χ0v) is 10.2. The number of hydrogen-bond donors (Lipinski definition) is 2. The number of nitrogens with two attached hydrogens (primary N) is 1. The van der Waals surface area contributed by atoms with Crippen LogP contribution in [-0.2, 0) is 12.8 Å². The van der Waals surface area contributed by atoms with Crippen molar-refractivity contribution in [1.82, 2.24) is 0 Å². The van der Waals surface area contributed by atoms with E-state index in [0.29, 0.717) is 0 Å². The average Bonchev–Trinajstić information content (AvgIpc) is 2.80. The van der Waals surface area contributed by atoms with Crippen LogP contribution in [0.4, 0.5) is 0 Å². The van der Waals surface area contributed by atoms with Crippen molar-refractivity contribution in [2.45, 2.75) is 50.7 Å². The van der Waals surface area contributed by atoms with Crippen LogP contribution in [0.2, 0.25) is 0 Å². The topological polar surface area (TPSA) is 46.2 Å². The summed E-state index contributed by atoms with van der Waals surface area (Å²) < 4.78 is 0. The predicted octanol–water partition coefficient (Wildman–Crippen LogP) is 2.03. The summed E-state index contributed by atoms with van der Waals surface area (Å²) >= 11 is 0. The molecule has 0 saturated heterocycles. The van der Waals surface area contributed by atoms with E-state index in [1.807, 2.05) is 13.8 Å². The molecule has 1 aromatic rings. The van der Waals surface area contributed by atoms with E-state index in [1.54, 1.807) is 0 Å². The lowest BCUT2D eigenvalue weighted by Gasteiger charge is -2.19. The Morgan fingerprint density at radius 2 is 1.94 bits per heavy atom. The Balaban J connectivity index is 2.07. The number of benzene rings is 1. The van der Waals surface area contributed by atoms with E-state index in [1.165, 1.54) is 11.1 Å². The fraction of sp³-hybridized carbons (Fsp3) is 0.571. The van der Waals surface area contributed by atoms with Crippen molar-refractivity contribution in [3.63, 3.8) is 0 Å². The van der Waals surface area contributed by atoms with Gasteiger partial charge in [-0.15, -0.1) is 0 Å². The standard InChI is InChI=1S/C14H21NO/c1-13(2,15)9-11-4-3-5-12(8-11)10-14(16)6-7-14/h3-5,8,16H,6-7,9-10,15H2,1-2H3. The molecule has 1 aliphatic carbocycles. The largest absolute Gasteiger partial charge is 0.390 e. The molecule has 0 spiro atoms. The first-order chi connectivity index (χ1) is 7.36. The second kappa shape index (κ2) is 3.86. The fourth-order valence-electron chi connectivity index (χ4n) is 2.08. The number of rotatable bonds is 4. The summed E-state index contributed by atoms with van der Waals surface area (Å²) in [6.45, 7) is 4.07. The van der Waals surface area contributed by atoms with E-state index in [9.17, 15) is 5.11 Å². The van der Waals surface area contributed by atoms with E-state index in [0.717, 1.165) is 25.7 Å². The summed E-state index contributed by atoms with van der Waals surface area (Å²) in [6, 6.07) is 8.42. The normalized spacial score (nSPS) is 18.5. The summed E-state index contributed by atoms with van der Waals surface area (Å²) in [7, 11) is 0. The Hall–Kier alpha value is -0.860. The molecular formula is C14H21NO. The van der Waals surface area contributed by atoms with Crippen molar-refractivity contribution in [2.24, 2.45) is 5.73 Å². The minimum atomic E-state index is -0.406. The Morgan fingerprint density at radius 3 is 2.50 bits per heavy atom. The molecule has 88 valence electrons. The lowest BCUT2D eigenvalue weighted by atomic mass is 9.94. The maximum absolute atomic E-state index is 9.88. The van der Waals surface area contributed by atoms with Crippen molar-refractivity contribution < 1.29 is 5.11 Å². The number of hydrogen-bond acceptors (Lipinski definition) is 2. The van der Waals surface area contributed by atoms with Gasteiger partial charge in [-0.05, 0) is 44.2 Å². The van der Waals surface area contributed by atoms with Gasteiger partial charge in [0.1, 0.15) is 0 Å². The van der Waals surface area contributed by atoms with E-state index in [2.05, 4.69) is 24.3 Å². The third-order valence-corrected chi connectivity index (χ3v) is 3.01. The summed E-state index contributed by atoms with van der Waals surface area (Å²) in [5, 5.41) is 9.88. The second-order valence-corrected chi connectivity index (χ2v) is 5.89. The Kier molecular flexibility index (Phi) is 2.81. The van der Waals surface area contributed by atoms with Crippen LogP contribution in [0.5, 0.6) is 0 Å². The first-order valence-electron chi connectivity index (χ1n) is 5.95. The Bertz CT molecular complexity index is 352. The molecule has 2 heteroatoms. The van der Waals surface area contributed by atoms with Gasteiger partial charge in [0.25, 0.3) is 0 Å². The monoisotopic (exact) mass is 219 g/mol. The van der Waals surface area contributed by atoms with Crippen LogP contribution in [0.3, 0.4) is 0 Å². The molecule has 3 N–H and O–H groups in total. The van der Waals surface area contributed by atoms with Gasteiger partial charge in [0.15, 0.2) is 0 Å². The van der Waals surface area contributed by atoms with Crippen LogP contribution >= 0.6 is 0 Å². The van der Waals surface area contributed by atoms with Crippen molar-refractivity contribution in [3.8, 4) is 0 Å². The van der Waals surface area contributed by atoms with E-state index in [-0.39, 0.29) is 5.54 Å². The molecule has 0 radical (unpaired) electrons. The maximum atomic E-state index is 9.88. The zero-order chi connectivity index (χ0) is 11.8. The van der Waals surface area contributed by atoms with Gasteiger partial charge >= 0.3 is 0 Å². The summed E-state index contributed by atoms with van der Waals surface area (Å²) in [5.74, 6) is 0. The van der Waals surface area contributed by atoms with Gasteiger partial charge in [-0.3, -0.25) is 0 Å². The van der Waals surface area contributed by atoms with Gasteiger partial charge in [-0.2, -0.15) is 0 Å². The molecular weight excluding hydrogens is 198 g/mol. The molecule has 0 amide bonds. The van der Waals surface area contributed by atoms with E-state index >= 15 is 0 Å². The minimum Gasteiger partial charge on any atom is -0.390 e. The van der Waals surface area contributed by atoms with Crippen LogP contribution in [0, 0.1) is 0 Å². The second-order valence-electron chi connectivity index (χ2n) is 5.89. The van der Waals surface area contributed by atoms with E-state index < -0.39 is 5.60 Å². The first kappa shape index (κ1) is 11.6. The average molecular weight is 219 g/mol. The molecule has 0 aromatic heterocycles. The molecule has 0 bridgehead atoms. The number of aliphatic hydroxyl groups is 1. The van der Waals surface area contributed by atoms with Crippen LogP contribution in [0.1, 0.15) is 37.8 Å². The summed E-state index contributed by atoms with van der Waals surface area (Å²) in [6.07, 6.45) is 3.55. The van der Waals surface area contributed by atoms with Crippen molar-refractivity contribution >= 4 is 0 Å². The highest BCUT2D eigenvalue weighted by atomic mass is 16.3. The SMILES string of the molecule is CC(C)(N)Cc1cccc(CC2(O)CC2)c1. The van der Waals surface area contributed by atoms with Gasteiger partial charge in [0.2, 0.25) is 0 Å². The quantitative estimate of drug-likeness (QED) is 0.814. The van der Waals surface area contributed by atoms with Gasteiger partial charge in [0, 0.05) is 12.0 Å².